The van der Waals surface area contributed by atoms with E-state index >= 15 is 0 Å². The second kappa shape index (κ2) is 7.28. The number of rotatable bonds is 5. The quantitative estimate of drug-likeness (QED) is 0.922. The first-order valence-electron chi connectivity index (χ1n) is 7.18. The summed E-state index contributed by atoms with van der Waals surface area (Å²) >= 11 is 0. The Bertz CT molecular complexity index is 659. The normalized spacial score (nSPS) is 11.3. The molecule has 0 aliphatic carbocycles. The molecule has 1 atom stereocenters. The Kier molecular flexibility index (Phi) is 5.16. The van der Waals surface area contributed by atoms with Gasteiger partial charge >= 0.3 is 0 Å². The Hall–Kier alpha value is -2.80. The van der Waals surface area contributed by atoms with Gasteiger partial charge in [0.25, 0.3) is 5.91 Å². The first-order valence-corrected chi connectivity index (χ1v) is 7.18. The highest BCUT2D eigenvalue weighted by atomic mass is 16.1. The number of likely N-dealkylation sites (N-methyl/N-ethyl adjacent to an activating group) is 1. The number of hydrogen-bond donors (Lipinski definition) is 1. The van der Waals surface area contributed by atoms with Crippen molar-refractivity contribution in [1.29, 1.82) is 5.26 Å². The molecule has 22 heavy (non-hydrogen) atoms. The Balaban J connectivity index is 1.91. The van der Waals surface area contributed by atoms with Gasteiger partial charge in [0, 0.05) is 30.9 Å². The molecule has 0 aliphatic rings. The van der Waals surface area contributed by atoms with Crippen molar-refractivity contribution in [2.75, 3.05) is 18.5 Å². The summed E-state index contributed by atoms with van der Waals surface area (Å²) in [6.07, 6.45) is 0. The van der Waals surface area contributed by atoms with E-state index in [-0.39, 0.29) is 11.9 Å². The van der Waals surface area contributed by atoms with Gasteiger partial charge in [0.15, 0.2) is 0 Å². The lowest BCUT2D eigenvalue weighted by Gasteiger charge is -2.27. The van der Waals surface area contributed by atoms with Gasteiger partial charge < -0.3 is 10.2 Å². The van der Waals surface area contributed by atoms with Crippen molar-refractivity contribution >= 4 is 11.6 Å². The molecular formula is C18H19N3O. The molecule has 0 bridgehead atoms. The highest BCUT2D eigenvalue weighted by Gasteiger charge is 2.12. The average molecular weight is 293 g/mol. The van der Waals surface area contributed by atoms with Gasteiger partial charge in [-0.2, -0.15) is 5.26 Å². The number of para-hydroxylation sites is 1. The maximum atomic E-state index is 12.1. The largest absolute Gasteiger partial charge is 0.370 e. The monoisotopic (exact) mass is 293 g/mol. The molecule has 0 fully saturated rings. The molecule has 1 unspecified atom stereocenters. The van der Waals surface area contributed by atoms with Crippen LogP contribution in [0.25, 0.3) is 0 Å². The van der Waals surface area contributed by atoms with Crippen LogP contribution in [0.2, 0.25) is 0 Å². The second-order valence-corrected chi connectivity index (χ2v) is 5.19. The van der Waals surface area contributed by atoms with Crippen LogP contribution in [-0.2, 0) is 0 Å². The van der Waals surface area contributed by atoms with Crippen molar-refractivity contribution in [3.05, 3.63) is 65.7 Å². The zero-order valence-corrected chi connectivity index (χ0v) is 12.8. The number of nitrogens with zero attached hydrogens (tertiary/aromatic N) is 2. The molecule has 0 spiro atoms. The third kappa shape index (κ3) is 3.86. The maximum absolute atomic E-state index is 12.1. The van der Waals surface area contributed by atoms with Gasteiger partial charge in [-0.25, -0.2) is 0 Å². The molecule has 0 radical (unpaired) electrons. The summed E-state index contributed by atoms with van der Waals surface area (Å²) in [5, 5.41) is 11.7. The van der Waals surface area contributed by atoms with E-state index in [1.54, 1.807) is 24.3 Å². The van der Waals surface area contributed by atoms with Gasteiger partial charge in [0.2, 0.25) is 0 Å². The van der Waals surface area contributed by atoms with Crippen LogP contribution >= 0.6 is 0 Å². The molecular weight excluding hydrogens is 274 g/mol. The van der Waals surface area contributed by atoms with Crippen molar-refractivity contribution in [2.45, 2.75) is 13.0 Å². The number of benzene rings is 2. The van der Waals surface area contributed by atoms with Crippen LogP contribution in [0.3, 0.4) is 0 Å². The zero-order chi connectivity index (χ0) is 15.9. The van der Waals surface area contributed by atoms with Crippen LogP contribution < -0.4 is 10.2 Å². The Morgan fingerprint density at radius 3 is 2.41 bits per heavy atom. The van der Waals surface area contributed by atoms with E-state index in [0.29, 0.717) is 17.7 Å². The van der Waals surface area contributed by atoms with E-state index < -0.39 is 0 Å². The number of hydrogen-bond acceptors (Lipinski definition) is 3. The molecule has 4 heteroatoms. The van der Waals surface area contributed by atoms with Gasteiger partial charge in [0.05, 0.1) is 11.6 Å². The Labute approximate surface area is 131 Å². The van der Waals surface area contributed by atoms with E-state index in [1.807, 2.05) is 43.4 Å². The fourth-order valence-electron chi connectivity index (χ4n) is 2.09. The molecule has 0 aromatic heterocycles. The molecule has 0 aliphatic heterocycles. The summed E-state index contributed by atoms with van der Waals surface area (Å²) in [6.45, 7) is 2.61. The maximum Gasteiger partial charge on any atom is 0.251 e. The van der Waals surface area contributed by atoms with Gasteiger partial charge in [-0.1, -0.05) is 18.2 Å². The highest BCUT2D eigenvalue weighted by molar-refractivity contribution is 5.94. The number of amides is 1. The van der Waals surface area contributed by atoms with Crippen molar-refractivity contribution in [3.63, 3.8) is 0 Å². The zero-order valence-electron chi connectivity index (χ0n) is 12.8. The van der Waals surface area contributed by atoms with E-state index in [9.17, 15) is 4.79 Å². The Morgan fingerprint density at radius 2 is 1.82 bits per heavy atom. The average Bonchev–Trinajstić information content (AvgIpc) is 2.59. The van der Waals surface area contributed by atoms with E-state index in [2.05, 4.69) is 17.1 Å². The van der Waals surface area contributed by atoms with Crippen molar-refractivity contribution in [1.82, 2.24) is 5.32 Å². The van der Waals surface area contributed by atoms with Crippen LogP contribution in [0.1, 0.15) is 22.8 Å². The summed E-state index contributed by atoms with van der Waals surface area (Å²) in [7, 11) is 2.01. The molecule has 2 aromatic carbocycles. The third-order valence-electron chi connectivity index (χ3n) is 3.66. The molecule has 2 aromatic rings. The summed E-state index contributed by atoms with van der Waals surface area (Å²) in [4.78, 5) is 14.2. The van der Waals surface area contributed by atoms with Crippen molar-refractivity contribution in [2.24, 2.45) is 0 Å². The number of nitrogens with one attached hydrogen (secondary N) is 1. The molecule has 0 saturated heterocycles. The lowest BCUT2D eigenvalue weighted by molar-refractivity contribution is 0.0951. The van der Waals surface area contributed by atoms with Gasteiger partial charge in [0.1, 0.15) is 0 Å². The van der Waals surface area contributed by atoms with Gasteiger partial charge in [-0.15, -0.1) is 0 Å². The molecule has 4 nitrogen and oxygen atoms in total. The Morgan fingerprint density at radius 1 is 1.18 bits per heavy atom. The van der Waals surface area contributed by atoms with Gasteiger partial charge in [-0.3, -0.25) is 4.79 Å². The predicted octanol–water partition coefficient (Wildman–Crippen LogP) is 2.81. The van der Waals surface area contributed by atoms with Crippen molar-refractivity contribution < 1.29 is 4.79 Å². The number of nitriles is 1. The fourth-order valence-corrected chi connectivity index (χ4v) is 2.09. The van der Waals surface area contributed by atoms with Crippen LogP contribution in [0.5, 0.6) is 0 Å². The molecule has 1 amide bonds. The topological polar surface area (TPSA) is 56.1 Å². The fraction of sp³-hybridized carbons (Fsp3) is 0.222. The lowest BCUT2D eigenvalue weighted by atomic mass is 10.1. The van der Waals surface area contributed by atoms with Crippen LogP contribution in [-0.4, -0.2) is 25.5 Å². The number of carbonyl (C=O) groups is 1. The SMILES string of the molecule is CC(CNC(=O)c1ccc(C#N)cc1)N(C)c1ccccc1. The first-order chi connectivity index (χ1) is 10.6. The van der Waals surface area contributed by atoms with E-state index in [4.69, 9.17) is 5.26 Å². The molecule has 112 valence electrons. The van der Waals surface area contributed by atoms with E-state index in [1.165, 1.54) is 0 Å². The minimum absolute atomic E-state index is 0.127. The third-order valence-corrected chi connectivity index (χ3v) is 3.66. The van der Waals surface area contributed by atoms with Crippen LogP contribution in [0.4, 0.5) is 5.69 Å². The summed E-state index contributed by atoms with van der Waals surface area (Å²) in [5.41, 5.74) is 2.23. The molecule has 0 saturated carbocycles. The smallest absolute Gasteiger partial charge is 0.251 e. The number of anilines is 1. The van der Waals surface area contributed by atoms with Crippen LogP contribution in [0, 0.1) is 11.3 Å². The standard InChI is InChI=1S/C18H19N3O/c1-14(21(2)17-6-4-3-5-7-17)13-20-18(22)16-10-8-15(12-19)9-11-16/h3-11,14H,13H2,1-2H3,(H,20,22). The first kappa shape index (κ1) is 15.6. The molecule has 2 rings (SSSR count). The number of carbonyl (C=O) groups excluding carboxylic acids is 1. The summed E-state index contributed by atoms with van der Waals surface area (Å²) in [6, 6.07) is 18.9. The van der Waals surface area contributed by atoms with Crippen molar-refractivity contribution in [3.8, 4) is 6.07 Å². The summed E-state index contributed by atoms with van der Waals surface area (Å²) in [5.74, 6) is -0.127. The van der Waals surface area contributed by atoms with Gasteiger partial charge in [-0.05, 0) is 43.3 Å². The second-order valence-electron chi connectivity index (χ2n) is 5.19. The lowest BCUT2D eigenvalue weighted by Crippen LogP contribution is -2.40. The van der Waals surface area contributed by atoms with E-state index in [0.717, 1.165) is 5.69 Å². The highest BCUT2D eigenvalue weighted by Crippen LogP contribution is 2.13. The molecule has 0 heterocycles. The summed E-state index contributed by atoms with van der Waals surface area (Å²) < 4.78 is 0. The predicted molar refractivity (Wildman–Crippen MR) is 87.8 cm³/mol. The minimum Gasteiger partial charge on any atom is -0.370 e. The van der Waals surface area contributed by atoms with Crippen LogP contribution in [0.15, 0.2) is 54.6 Å². The minimum atomic E-state index is -0.127. The molecule has 1 N–H and O–H groups in total.